The summed E-state index contributed by atoms with van der Waals surface area (Å²) in [6, 6.07) is 71.7. The van der Waals surface area contributed by atoms with Crippen LogP contribution in [0.2, 0.25) is 0 Å². The quantitative estimate of drug-likeness (QED) is 0.126. The van der Waals surface area contributed by atoms with Crippen molar-refractivity contribution >= 4 is 61.2 Å². The Morgan fingerprint density at radius 2 is 0.943 bits per heavy atom. The second-order valence-electron chi connectivity index (χ2n) is 18.8. The third-order valence-corrected chi connectivity index (χ3v) is 14.4. The van der Waals surface area contributed by atoms with Gasteiger partial charge in [-0.3, -0.25) is 0 Å². The highest BCUT2D eigenvalue weighted by atomic mass is 19.1. The summed E-state index contributed by atoms with van der Waals surface area (Å²) < 4.78 is 35.5. The lowest BCUT2D eigenvalue weighted by molar-refractivity contribution is 0.627. The Morgan fingerprint density at radius 3 is 1.53 bits per heavy atom. The largest absolute Gasteiger partial charge is 0.307 e. The number of nitrogens with zero attached hydrogens (tertiary/aromatic N) is 2. The molecule has 10 aromatic rings. The van der Waals surface area contributed by atoms with Crippen molar-refractivity contribution in [1.82, 2.24) is 0 Å². The van der Waals surface area contributed by atoms with Crippen LogP contribution in [-0.2, 0) is 6.42 Å². The molecule has 12 rings (SSSR count). The van der Waals surface area contributed by atoms with Crippen molar-refractivity contribution in [3.8, 4) is 33.4 Å². The van der Waals surface area contributed by atoms with E-state index in [0.717, 1.165) is 107 Å². The lowest BCUT2D eigenvalue weighted by Gasteiger charge is -2.35. The molecular weight excluding hydrogens is 859 g/mol. The normalized spacial score (nSPS) is 15.1. The molecule has 338 valence electrons. The van der Waals surface area contributed by atoms with Crippen LogP contribution in [0.5, 0.6) is 0 Å². The van der Waals surface area contributed by atoms with Gasteiger partial charge in [0.05, 0.1) is 22.7 Å². The zero-order chi connectivity index (χ0) is 47.3. The molecule has 0 N–H and O–H groups in total. The molecule has 70 heavy (non-hydrogen) atoms. The van der Waals surface area contributed by atoms with Gasteiger partial charge >= 0.3 is 0 Å². The Morgan fingerprint density at radius 1 is 0.443 bits per heavy atom. The first-order valence-electron chi connectivity index (χ1n) is 24.3. The van der Waals surface area contributed by atoms with E-state index in [0.29, 0.717) is 11.4 Å². The van der Waals surface area contributed by atoms with E-state index in [1.54, 1.807) is 12.1 Å². The molecular formula is C66H50F2N2. The van der Waals surface area contributed by atoms with Crippen molar-refractivity contribution in [1.29, 1.82) is 0 Å². The molecule has 2 unspecified atom stereocenters. The van der Waals surface area contributed by atoms with Crippen LogP contribution >= 0.6 is 0 Å². The van der Waals surface area contributed by atoms with Gasteiger partial charge in [0.1, 0.15) is 11.6 Å². The van der Waals surface area contributed by atoms with Crippen LogP contribution in [0.4, 0.5) is 42.9 Å². The van der Waals surface area contributed by atoms with E-state index < -0.39 is 0 Å². The van der Waals surface area contributed by atoms with Gasteiger partial charge in [-0.25, -0.2) is 8.78 Å². The molecule has 2 aliphatic rings. The second kappa shape index (κ2) is 18.0. The summed E-state index contributed by atoms with van der Waals surface area (Å²) in [6.45, 7) is 4.51. The first-order valence-corrected chi connectivity index (χ1v) is 24.3. The van der Waals surface area contributed by atoms with Crippen LogP contribution in [0.3, 0.4) is 0 Å². The fraction of sp³-hybridized carbons (Fsp3) is 0.0909. The van der Waals surface area contributed by atoms with Gasteiger partial charge in [-0.05, 0) is 146 Å². The highest BCUT2D eigenvalue weighted by Gasteiger charge is 2.32. The summed E-state index contributed by atoms with van der Waals surface area (Å²) in [7, 11) is 0. The Hall–Kier alpha value is -8.34. The predicted molar refractivity (Wildman–Crippen MR) is 290 cm³/mol. The van der Waals surface area contributed by atoms with E-state index in [1.807, 2.05) is 103 Å². The number of hydrogen-bond acceptors (Lipinski definition) is 2. The maximum Gasteiger partial charge on any atom is 0.148 e. The van der Waals surface area contributed by atoms with Crippen molar-refractivity contribution in [3.05, 3.63) is 259 Å². The van der Waals surface area contributed by atoms with Crippen molar-refractivity contribution in [3.63, 3.8) is 0 Å². The average Bonchev–Trinajstić information content (AvgIpc) is 3.41. The highest BCUT2D eigenvalue weighted by Crippen LogP contribution is 2.54. The molecule has 0 heterocycles. The second-order valence-corrected chi connectivity index (χ2v) is 18.8. The fourth-order valence-electron chi connectivity index (χ4n) is 11.2. The molecule has 10 aromatic carbocycles. The molecule has 0 saturated carbocycles. The maximum absolute atomic E-state index is 17.9. The van der Waals surface area contributed by atoms with E-state index in [2.05, 4.69) is 139 Å². The van der Waals surface area contributed by atoms with Gasteiger partial charge in [0.25, 0.3) is 0 Å². The van der Waals surface area contributed by atoms with Gasteiger partial charge in [-0.2, -0.15) is 0 Å². The first kappa shape index (κ1) is 43.0. The Labute approximate surface area is 408 Å². The van der Waals surface area contributed by atoms with Crippen LogP contribution < -0.4 is 9.80 Å². The van der Waals surface area contributed by atoms with Crippen molar-refractivity contribution in [2.45, 2.75) is 32.6 Å². The molecule has 2 aliphatic carbocycles. The van der Waals surface area contributed by atoms with Gasteiger partial charge < -0.3 is 9.80 Å². The minimum Gasteiger partial charge on any atom is -0.307 e. The Balaban J connectivity index is 1.12. The van der Waals surface area contributed by atoms with Crippen molar-refractivity contribution in [2.24, 2.45) is 5.92 Å². The molecule has 0 aromatic heterocycles. The van der Waals surface area contributed by atoms with E-state index in [4.69, 9.17) is 0 Å². The highest BCUT2D eigenvalue weighted by molar-refractivity contribution is 6.18. The number of para-hydroxylation sites is 2. The molecule has 0 bridgehead atoms. The van der Waals surface area contributed by atoms with Gasteiger partial charge in [0.2, 0.25) is 0 Å². The summed E-state index contributed by atoms with van der Waals surface area (Å²) >= 11 is 0. The molecule has 0 aliphatic heterocycles. The van der Waals surface area contributed by atoms with E-state index in [1.165, 1.54) is 5.56 Å². The maximum atomic E-state index is 17.9. The van der Waals surface area contributed by atoms with E-state index in [9.17, 15) is 0 Å². The van der Waals surface area contributed by atoms with Crippen LogP contribution in [0, 0.1) is 17.6 Å². The fourth-order valence-corrected chi connectivity index (χ4v) is 11.2. The third kappa shape index (κ3) is 7.48. The summed E-state index contributed by atoms with van der Waals surface area (Å²) in [5.41, 5.74) is 14.1. The summed E-state index contributed by atoms with van der Waals surface area (Å²) in [6.07, 6.45) is 8.09. The summed E-state index contributed by atoms with van der Waals surface area (Å²) in [5.74, 6) is -0.269. The van der Waals surface area contributed by atoms with Crippen LogP contribution in [0.25, 0.3) is 60.5 Å². The minimum absolute atomic E-state index is 0.0780. The molecule has 0 spiro atoms. The standard InChI is InChI=1S/C66H50F2N2/c1-43-20-18-19-31-54(43)51-40-57(47-25-12-5-13-26-47)66(59(68)42-51)70(53-29-16-7-17-30-53)61-37-33-48-32-35-55-60(36-34-49-38-44(2)62(61)64(48)63(49)55)69(52-27-14-6-15-28-52)65-56(46-23-10-4-11-24-46)39-50(41-58(65)67)45-21-8-3-9-22-45/h3-19,21-37,39-44H,20,38H2,1-2H3. The summed E-state index contributed by atoms with van der Waals surface area (Å²) in [4.78, 5) is 4.27. The Kier molecular flexibility index (Phi) is 11.0. The number of allylic oxidation sites excluding steroid dienone is 4. The molecule has 2 atom stereocenters. The lowest BCUT2D eigenvalue weighted by Crippen LogP contribution is -2.19. The smallest absolute Gasteiger partial charge is 0.148 e. The summed E-state index contributed by atoms with van der Waals surface area (Å²) in [5, 5.41) is 4.38. The van der Waals surface area contributed by atoms with Gasteiger partial charge in [-0.1, -0.05) is 184 Å². The lowest BCUT2D eigenvalue weighted by atomic mass is 9.78. The number of halogens is 2. The van der Waals surface area contributed by atoms with Crippen LogP contribution in [-0.4, -0.2) is 0 Å². The molecule has 4 heteroatoms. The van der Waals surface area contributed by atoms with Crippen LogP contribution in [0.1, 0.15) is 42.9 Å². The minimum atomic E-state index is -0.322. The van der Waals surface area contributed by atoms with Gasteiger partial charge in [0, 0.05) is 27.9 Å². The van der Waals surface area contributed by atoms with E-state index >= 15 is 8.78 Å². The number of anilines is 6. The number of rotatable bonds is 10. The topological polar surface area (TPSA) is 6.48 Å². The van der Waals surface area contributed by atoms with E-state index in [-0.39, 0.29) is 23.5 Å². The average molecular weight is 909 g/mol. The van der Waals surface area contributed by atoms with Crippen molar-refractivity contribution in [2.75, 3.05) is 9.80 Å². The van der Waals surface area contributed by atoms with Crippen LogP contribution in [0.15, 0.2) is 231 Å². The monoisotopic (exact) mass is 908 g/mol. The predicted octanol–water partition coefficient (Wildman–Crippen LogP) is 18.9. The zero-order valence-electron chi connectivity index (χ0n) is 39.2. The third-order valence-electron chi connectivity index (χ3n) is 14.4. The SMILES string of the molecule is CC1CC=CC=C1c1cc(F)c(N(c2ccccc2)c2ccc3ccc4c(N(c5ccccc5)c5c(F)cc(-c6ccccc6)cc5-c5ccccc5)ccc5c4c3c2C(C)C5)c(-c2ccccc2)c1. The number of benzene rings is 10. The van der Waals surface area contributed by atoms with Gasteiger partial charge in [0.15, 0.2) is 0 Å². The molecule has 0 amide bonds. The first-order chi connectivity index (χ1) is 34.4. The number of hydrogen-bond donors (Lipinski definition) is 0. The zero-order valence-corrected chi connectivity index (χ0v) is 39.2. The molecule has 0 fully saturated rings. The van der Waals surface area contributed by atoms with Crippen molar-refractivity contribution < 1.29 is 8.78 Å². The molecule has 2 nitrogen and oxygen atoms in total. The Bertz CT molecular complexity index is 3640. The van der Waals surface area contributed by atoms with Gasteiger partial charge in [-0.15, -0.1) is 0 Å². The molecule has 0 radical (unpaired) electrons. The molecule has 0 saturated heterocycles.